The molecule has 0 aliphatic heterocycles. The third-order valence-corrected chi connectivity index (χ3v) is 2.57. The Balaban J connectivity index is 4.68. The minimum Gasteiger partial charge on any atom is -0.469 e. The average molecular weight is 212 g/mol. The summed E-state index contributed by atoms with van der Waals surface area (Å²) in [5.41, 5.74) is -1.36. The molecule has 0 radical (unpaired) electrons. The predicted octanol–water partition coefficient (Wildman–Crippen LogP) is 2.36. The van der Waals surface area contributed by atoms with Gasteiger partial charge in [-0.25, -0.2) is 0 Å². The van der Waals surface area contributed by atoms with Gasteiger partial charge in [-0.3, -0.25) is 9.59 Å². The molecule has 3 nitrogen and oxygen atoms in total. The number of ether oxygens (including phenoxy) is 1. The number of hydrogen-bond donors (Lipinski definition) is 0. The third-order valence-electron chi connectivity index (χ3n) is 2.57. The summed E-state index contributed by atoms with van der Waals surface area (Å²) in [5, 5.41) is 0. The van der Waals surface area contributed by atoms with Crippen LogP contribution in [0.15, 0.2) is 12.7 Å². The number of ketones is 1. The fraction of sp³-hybridized carbons (Fsp3) is 0.667. The Kier molecular flexibility index (Phi) is 4.26. The Morgan fingerprint density at radius 3 is 2.07 bits per heavy atom. The summed E-state index contributed by atoms with van der Waals surface area (Å²) in [6.45, 7) is 10.6. The van der Waals surface area contributed by atoms with E-state index in [0.717, 1.165) is 0 Å². The lowest BCUT2D eigenvalue weighted by molar-refractivity contribution is -0.153. The SMILES string of the molecule is C=CC(C)(C)C(=O)CC(C)(C)C(=O)OC. The number of rotatable bonds is 5. The minimum absolute atomic E-state index is 0.00657. The lowest BCUT2D eigenvalue weighted by atomic mass is 9.78. The monoisotopic (exact) mass is 212 g/mol. The standard InChI is InChI=1S/C12H20O3/c1-7-11(2,3)9(13)8-12(4,5)10(14)15-6/h7H,1,8H2,2-6H3. The zero-order valence-corrected chi connectivity index (χ0v) is 10.2. The molecular weight excluding hydrogens is 192 g/mol. The van der Waals surface area contributed by atoms with Crippen molar-refractivity contribution < 1.29 is 14.3 Å². The fourth-order valence-electron chi connectivity index (χ4n) is 1.09. The molecule has 0 atom stereocenters. The highest BCUT2D eigenvalue weighted by molar-refractivity contribution is 5.90. The predicted molar refractivity (Wildman–Crippen MR) is 59.4 cm³/mol. The van der Waals surface area contributed by atoms with E-state index in [4.69, 9.17) is 0 Å². The van der Waals surface area contributed by atoms with E-state index in [9.17, 15) is 9.59 Å². The maximum absolute atomic E-state index is 11.9. The van der Waals surface area contributed by atoms with Crippen LogP contribution in [0.3, 0.4) is 0 Å². The van der Waals surface area contributed by atoms with Crippen LogP contribution in [0.25, 0.3) is 0 Å². The normalized spacial score (nSPS) is 12.1. The maximum Gasteiger partial charge on any atom is 0.311 e. The largest absolute Gasteiger partial charge is 0.469 e. The van der Waals surface area contributed by atoms with Crippen LogP contribution in [0.1, 0.15) is 34.1 Å². The number of hydrogen-bond acceptors (Lipinski definition) is 3. The Bertz CT molecular complexity index is 275. The van der Waals surface area contributed by atoms with Gasteiger partial charge in [0.25, 0.3) is 0 Å². The highest BCUT2D eigenvalue weighted by Gasteiger charge is 2.35. The summed E-state index contributed by atoms with van der Waals surface area (Å²) in [4.78, 5) is 23.2. The lowest BCUT2D eigenvalue weighted by Crippen LogP contribution is -2.33. The molecule has 0 amide bonds. The lowest BCUT2D eigenvalue weighted by Gasteiger charge is -2.25. The van der Waals surface area contributed by atoms with Gasteiger partial charge in [0.1, 0.15) is 5.78 Å². The Hall–Kier alpha value is -1.12. The number of methoxy groups -OCH3 is 1. The van der Waals surface area contributed by atoms with E-state index in [2.05, 4.69) is 11.3 Å². The molecule has 0 heterocycles. The maximum atomic E-state index is 11.9. The highest BCUT2D eigenvalue weighted by Crippen LogP contribution is 2.29. The number of allylic oxidation sites excluding steroid dienone is 1. The van der Waals surface area contributed by atoms with E-state index in [1.807, 2.05) is 0 Å². The molecule has 0 aliphatic rings. The van der Waals surface area contributed by atoms with E-state index in [-0.39, 0.29) is 18.2 Å². The van der Waals surface area contributed by atoms with Crippen LogP contribution in [0.4, 0.5) is 0 Å². The molecule has 0 rings (SSSR count). The molecule has 86 valence electrons. The zero-order valence-electron chi connectivity index (χ0n) is 10.2. The van der Waals surface area contributed by atoms with Gasteiger partial charge in [-0.1, -0.05) is 6.08 Å². The van der Waals surface area contributed by atoms with Crippen molar-refractivity contribution in [1.82, 2.24) is 0 Å². The van der Waals surface area contributed by atoms with Gasteiger partial charge in [-0.05, 0) is 27.7 Å². The first kappa shape index (κ1) is 13.9. The van der Waals surface area contributed by atoms with Crippen LogP contribution in [-0.4, -0.2) is 18.9 Å². The molecule has 0 N–H and O–H groups in total. The van der Waals surface area contributed by atoms with Crippen molar-refractivity contribution in [3.05, 3.63) is 12.7 Å². The van der Waals surface area contributed by atoms with Crippen molar-refractivity contribution in [3.63, 3.8) is 0 Å². The summed E-state index contributed by atoms with van der Waals surface area (Å²) in [6, 6.07) is 0. The second-order valence-electron chi connectivity index (χ2n) is 4.90. The summed E-state index contributed by atoms with van der Waals surface area (Å²) in [7, 11) is 1.33. The molecule has 15 heavy (non-hydrogen) atoms. The van der Waals surface area contributed by atoms with Crippen LogP contribution >= 0.6 is 0 Å². The van der Waals surface area contributed by atoms with E-state index < -0.39 is 10.8 Å². The number of esters is 1. The molecule has 0 aliphatic carbocycles. The van der Waals surface area contributed by atoms with E-state index in [1.165, 1.54) is 7.11 Å². The number of Topliss-reactive ketones (excluding diaryl/α,β-unsaturated/α-hetero) is 1. The van der Waals surface area contributed by atoms with Crippen molar-refractivity contribution in [2.75, 3.05) is 7.11 Å². The number of carbonyl (C=O) groups excluding carboxylic acids is 2. The van der Waals surface area contributed by atoms with Crippen LogP contribution in [-0.2, 0) is 14.3 Å². The van der Waals surface area contributed by atoms with Crippen LogP contribution in [0.2, 0.25) is 0 Å². The molecular formula is C12H20O3. The van der Waals surface area contributed by atoms with E-state index in [0.29, 0.717) is 0 Å². The molecule has 0 aromatic carbocycles. The molecule has 0 aromatic rings. The Morgan fingerprint density at radius 1 is 1.27 bits per heavy atom. The summed E-state index contributed by atoms with van der Waals surface area (Å²) in [5.74, 6) is -0.372. The summed E-state index contributed by atoms with van der Waals surface area (Å²) >= 11 is 0. The van der Waals surface area contributed by atoms with Crippen molar-refractivity contribution in [1.29, 1.82) is 0 Å². The van der Waals surface area contributed by atoms with Crippen molar-refractivity contribution in [2.45, 2.75) is 34.1 Å². The quantitative estimate of drug-likeness (QED) is 0.519. The molecule has 0 bridgehead atoms. The van der Waals surface area contributed by atoms with E-state index >= 15 is 0 Å². The second kappa shape index (κ2) is 4.60. The van der Waals surface area contributed by atoms with Crippen molar-refractivity contribution in [3.8, 4) is 0 Å². The van der Waals surface area contributed by atoms with Gasteiger partial charge in [0.15, 0.2) is 0 Å². The summed E-state index contributed by atoms with van der Waals surface area (Å²) < 4.78 is 4.65. The summed E-state index contributed by atoms with van der Waals surface area (Å²) in [6.07, 6.45) is 1.77. The van der Waals surface area contributed by atoms with Crippen molar-refractivity contribution in [2.24, 2.45) is 10.8 Å². The van der Waals surface area contributed by atoms with Crippen LogP contribution in [0.5, 0.6) is 0 Å². The Morgan fingerprint density at radius 2 is 1.73 bits per heavy atom. The van der Waals surface area contributed by atoms with Crippen LogP contribution in [0, 0.1) is 10.8 Å². The first-order valence-electron chi connectivity index (χ1n) is 4.92. The van der Waals surface area contributed by atoms with Crippen molar-refractivity contribution >= 4 is 11.8 Å². The van der Waals surface area contributed by atoms with Gasteiger partial charge in [0, 0.05) is 11.8 Å². The zero-order chi connectivity index (χ0) is 12.3. The molecule has 0 fully saturated rings. The highest BCUT2D eigenvalue weighted by atomic mass is 16.5. The van der Waals surface area contributed by atoms with Gasteiger partial charge >= 0.3 is 5.97 Å². The van der Waals surface area contributed by atoms with Gasteiger partial charge in [-0.2, -0.15) is 0 Å². The molecule has 0 unspecified atom stereocenters. The number of carbonyl (C=O) groups is 2. The third kappa shape index (κ3) is 3.50. The molecule has 0 saturated heterocycles. The van der Waals surface area contributed by atoms with Gasteiger partial charge in [0.05, 0.1) is 12.5 Å². The average Bonchev–Trinajstić information content (AvgIpc) is 2.15. The molecule has 0 aromatic heterocycles. The second-order valence-corrected chi connectivity index (χ2v) is 4.90. The molecule has 0 spiro atoms. The topological polar surface area (TPSA) is 43.4 Å². The van der Waals surface area contributed by atoms with Crippen LogP contribution < -0.4 is 0 Å². The van der Waals surface area contributed by atoms with Gasteiger partial charge in [-0.15, -0.1) is 6.58 Å². The first-order valence-corrected chi connectivity index (χ1v) is 4.92. The fourth-order valence-corrected chi connectivity index (χ4v) is 1.09. The van der Waals surface area contributed by atoms with E-state index in [1.54, 1.807) is 33.8 Å². The smallest absolute Gasteiger partial charge is 0.311 e. The van der Waals surface area contributed by atoms with Gasteiger partial charge < -0.3 is 4.74 Å². The molecule has 0 saturated carbocycles. The first-order chi connectivity index (χ1) is 6.67. The van der Waals surface area contributed by atoms with Gasteiger partial charge in [0.2, 0.25) is 0 Å². The molecule has 3 heteroatoms. The minimum atomic E-state index is -0.772. The Labute approximate surface area is 91.5 Å².